The molecule has 1 aliphatic rings. The van der Waals surface area contributed by atoms with Crippen molar-refractivity contribution < 1.29 is 0 Å². The highest BCUT2D eigenvalue weighted by Gasteiger charge is 2.33. The quantitative estimate of drug-likeness (QED) is 0.645. The van der Waals surface area contributed by atoms with Crippen LogP contribution in [0.25, 0.3) is 0 Å². The second-order valence-electron chi connectivity index (χ2n) is 8.29. The lowest BCUT2D eigenvalue weighted by atomic mass is 9.79. The summed E-state index contributed by atoms with van der Waals surface area (Å²) in [5.74, 6) is 0. The lowest BCUT2D eigenvalue weighted by Crippen LogP contribution is -2.49. The van der Waals surface area contributed by atoms with Gasteiger partial charge in [0.2, 0.25) is 0 Å². The fraction of sp³-hybridized carbons (Fsp3) is 1.00. The molecule has 1 rings (SSSR count). The van der Waals surface area contributed by atoms with E-state index >= 15 is 0 Å². The zero-order chi connectivity index (χ0) is 15.8. The third-order valence-electron chi connectivity index (χ3n) is 4.80. The van der Waals surface area contributed by atoms with Gasteiger partial charge >= 0.3 is 0 Å². The van der Waals surface area contributed by atoms with Crippen LogP contribution >= 0.6 is 0 Å². The molecule has 1 aliphatic carbocycles. The lowest BCUT2D eigenvalue weighted by molar-refractivity contribution is 0.118. The van der Waals surface area contributed by atoms with Gasteiger partial charge in [-0.2, -0.15) is 0 Å². The Labute approximate surface area is 134 Å². The predicted octanol–water partition coefficient (Wildman–Crippen LogP) is 4.84. The zero-order valence-electron chi connectivity index (χ0n) is 15.4. The lowest BCUT2D eigenvalue weighted by Gasteiger charge is -2.40. The van der Waals surface area contributed by atoms with Crippen molar-refractivity contribution in [2.45, 2.75) is 91.5 Å². The summed E-state index contributed by atoms with van der Waals surface area (Å²) < 4.78 is 0. The molecule has 1 N–H and O–H groups in total. The van der Waals surface area contributed by atoms with E-state index in [2.05, 4.69) is 44.8 Å². The van der Waals surface area contributed by atoms with Gasteiger partial charge < -0.3 is 10.2 Å². The maximum atomic E-state index is 3.82. The molecule has 1 fully saturated rings. The molecule has 126 valence electrons. The monoisotopic (exact) mass is 296 g/mol. The molecule has 21 heavy (non-hydrogen) atoms. The van der Waals surface area contributed by atoms with E-state index in [-0.39, 0.29) is 5.54 Å². The van der Waals surface area contributed by atoms with Crippen LogP contribution in [-0.4, -0.2) is 36.6 Å². The summed E-state index contributed by atoms with van der Waals surface area (Å²) in [5, 5.41) is 3.82. The van der Waals surface area contributed by atoms with E-state index in [1.165, 1.54) is 77.5 Å². The van der Waals surface area contributed by atoms with Crippen LogP contribution in [0.1, 0.15) is 86.0 Å². The van der Waals surface area contributed by atoms with E-state index in [4.69, 9.17) is 0 Å². The van der Waals surface area contributed by atoms with E-state index < -0.39 is 0 Å². The molecule has 0 aromatic heterocycles. The van der Waals surface area contributed by atoms with Crippen LogP contribution in [0.15, 0.2) is 0 Å². The summed E-state index contributed by atoms with van der Waals surface area (Å²) in [7, 11) is 0. The maximum Gasteiger partial charge on any atom is 0.00967 e. The van der Waals surface area contributed by atoms with Crippen molar-refractivity contribution >= 4 is 0 Å². The SMILES string of the molecule is CCCN(CCC)CC1(CNC(C)(C)C)CCCCCC1. The summed E-state index contributed by atoms with van der Waals surface area (Å²) in [4.78, 5) is 2.73. The van der Waals surface area contributed by atoms with Gasteiger partial charge in [0.05, 0.1) is 0 Å². The van der Waals surface area contributed by atoms with Crippen molar-refractivity contribution in [2.75, 3.05) is 26.2 Å². The van der Waals surface area contributed by atoms with Crippen LogP contribution in [0.4, 0.5) is 0 Å². The van der Waals surface area contributed by atoms with Gasteiger partial charge in [-0.05, 0) is 65.0 Å². The molecule has 1 saturated carbocycles. The van der Waals surface area contributed by atoms with E-state index in [0.717, 1.165) is 0 Å². The average Bonchev–Trinajstić information content (AvgIpc) is 2.63. The molecule has 0 bridgehead atoms. The average molecular weight is 297 g/mol. The molecule has 0 radical (unpaired) electrons. The predicted molar refractivity (Wildman–Crippen MR) is 94.9 cm³/mol. The highest BCUT2D eigenvalue weighted by atomic mass is 15.1. The molecular formula is C19H40N2. The first-order valence-electron chi connectivity index (χ1n) is 9.38. The highest BCUT2D eigenvalue weighted by Crippen LogP contribution is 2.36. The van der Waals surface area contributed by atoms with Gasteiger partial charge in [-0.15, -0.1) is 0 Å². The summed E-state index contributed by atoms with van der Waals surface area (Å²) >= 11 is 0. The first kappa shape index (κ1) is 19.0. The number of hydrogen-bond acceptors (Lipinski definition) is 2. The minimum absolute atomic E-state index is 0.236. The van der Waals surface area contributed by atoms with Gasteiger partial charge in [0.15, 0.2) is 0 Å². The minimum atomic E-state index is 0.236. The van der Waals surface area contributed by atoms with Gasteiger partial charge in [0, 0.05) is 18.6 Å². The Morgan fingerprint density at radius 1 is 0.905 bits per heavy atom. The number of rotatable bonds is 8. The van der Waals surface area contributed by atoms with Crippen molar-refractivity contribution in [1.29, 1.82) is 0 Å². The van der Waals surface area contributed by atoms with E-state index in [0.29, 0.717) is 5.41 Å². The van der Waals surface area contributed by atoms with Gasteiger partial charge in [-0.25, -0.2) is 0 Å². The van der Waals surface area contributed by atoms with E-state index in [1.54, 1.807) is 0 Å². The standard InChI is InChI=1S/C19H40N2/c1-6-14-21(15-7-2)17-19(16-20-18(3,4)5)12-10-8-9-11-13-19/h20H,6-17H2,1-5H3. The molecule has 0 aromatic carbocycles. The van der Waals surface area contributed by atoms with Gasteiger partial charge in [0.25, 0.3) is 0 Å². The molecule has 0 saturated heterocycles. The fourth-order valence-corrected chi connectivity index (χ4v) is 3.70. The van der Waals surface area contributed by atoms with Crippen molar-refractivity contribution in [1.82, 2.24) is 10.2 Å². The Morgan fingerprint density at radius 3 is 1.86 bits per heavy atom. The number of nitrogens with one attached hydrogen (secondary N) is 1. The number of hydrogen-bond donors (Lipinski definition) is 1. The molecule has 0 spiro atoms. The number of nitrogens with zero attached hydrogens (tertiary/aromatic N) is 1. The molecule has 0 aromatic rings. The van der Waals surface area contributed by atoms with E-state index in [1.807, 2.05) is 0 Å². The topological polar surface area (TPSA) is 15.3 Å². The molecule has 2 heteroatoms. The van der Waals surface area contributed by atoms with Crippen molar-refractivity contribution in [3.05, 3.63) is 0 Å². The van der Waals surface area contributed by atoms with Crippen LogP contribution < -0.4 is 5.32 Å². The maximum absolute atomic E-state index is 3.82. The first-order chi connectivity index (χ1) is 9.91. The third kappa shape index (κ3) is 7.65. The van der Waals surface area contributed by atoms with Crippen LogP contribution in [0, 0.1) is 5.41 Å². The summed E-state index contributed by atoms with van der Waals surface area (Å²) in [6, 6.07) is 0. The second-order valence-corrected chi connectivity index (χ2v) is 8.29. The van der Waals surface area contributed by atoms with Gasteiger partial charge in [0.1, 0.15) is 0 Å². The molecular weight excluding hydrogens is 256 g/mol. The molecule has 0 heterocycles. The Hall–Kier alpha value is -0.0800. The largest absolute Gasteiger partial charge is 0.311 e. The Kier molecular flexibility index (Phi) is 8.26. The first-order valence-corrected chi connectivity index (χ1v) is 9.38. The van der Waals surface area contributed by atoms with Crippen LogP contribution in [0.5, 0.6) is 0 Å². The van der Waals surface area contributed by atoms with Crippen molar-refractivity contribution in [2.24, 2.45) is 5.41 Å². The Morgan fingerprint density at radius 2 is 1.43 bits per heavy atom. The van der Waals surface area contributed by atoms with Crippen LogP contribution in [-0.2, 0) is 0 Å². The molecule has 0 aliphatic heterocycles. The van der Waals surface area contributed by atoms with Crippen LogP contribution in [0.2, 0.25) is 0 Å². The highest BCUT2D eigenvalue weighted by molar-refractivity contribution is 4.89. The molecule has 0 amide bonds. The Bertz CT molecular complexity index is 253. The van der Waals surface area contributed by atoms with Crippen molar-refractivity contribution in [3.63, 3.8) is 0 Å². The van der Waals surface area contributed by atoms with Gasteiger partial charge in [-0.3, -0.25) is 0 Å². The molecule has 0 atom stereocenters. The van der Waals surface area contributed by atoms with Crippen LogP contribution in [0.3, 0.4) is 0 Å². The normalized spacial score (nSPS) is 19.7. The zero-order valence-corrected chi connectivity index (χ0v) is 15.4. The second kappa shape index (κ2) is 9.15. The fourth-order valence-electron chi connectivity index (χ4n) is 3.70. The van der Waals surface area contributed by atoms with Gasteiger partial charge in [-0.1, -0.05) is 39.5 Å². The minimum Gasteiger partial charge on any atom is -0.311 e. The third-order valence-corrected chi connectivity index (χ3v) is 4.80. The smallest absolute Gasteiger partial charge is 0.00967 e. The van der Waals surface area contributed by atoms with Crippen molar-refractivity contribution in [3.8, 4) is 0 Å². The summed E-state index contributed by atoms with van der Waals surface area (Å²) in [5.41, 5.74) is 0.744. The molecule has 2 nitrogen and oxygen atoms in total. The van der Waals surface area contributed by atoms with E-state index in [9.17, 15) is 0 Å². The summed E-state index contributed by atoms with van der Waals surface area (Å²) in [6.45, 7) is 16.6. The summed E-state index contributed by atoms with van der Waals surface area (Å²) in [6.07, 6.45) is 11.1. The molecule has 0 unspecified atom stereocenters. The Balaban J connectivity index is 2.73.